The summed E-state index contributed by atoms with van der Waals surface area (Å²) in [6.45, 7) is 6.34. The van der Waals surface area contributed by atoms with E-state index in [1.54, 1.807) is 6.07 Å². The highest BCUT2D eigenvalue weighted by Crippen LogP contribution is 2.29. The molecule has 0 bridgehead atoms. The van der Waals surface area contributed by atoms with E-state index in [4.69, 9.17) is 9.15 Å². The summed E-state index contributed by atoms with van der Waals surface area (Å²) in [5.41, 5.74) is 2.69. The van der Waals surface area contributed by atoms with Gasteiger partial charge in [0.2, 0.25) is 0 Å². The van der Waals surface area contributed by atoms with Gasteiger partial charge in [0.25, 0.3) is 5.91 Å². The van der Waals surface area contributed by atoms with E-state index in [0.29, 0.717) is 29.9 Å². The highest BCUT2D eigenvalue weighted by Gasteiger charge is 2.21. The fourth-order valence-electron chi connectivity index (χ4n) is 4.41. The largest absolute Gasteiger partial charge is 0.448 e. The molecule has 0 spiro atoms. The van der Waals surface area contributed by atoms with E-state index in [1.807, 2.05) is 36.4 Å². The predicted molar refractivity (Wildman–Crippen MR) is 130 cm³/mol. The molecule has 2 aliphatic rings. The van der Waals surface area contributed by atoms with Gasteiger partial charge in [0.05, 0.1) is 35.7 Å². The average Bonchev–Trinajstić information content (AvgIpc) is 2.85. The first-order valence-corrected chi connectivity index (χ1v) is 11.3. The smallest absolute Gasteiger partial charge is 0.291 e. The van der Waals surface area contributed by atoms with Gasteiger partial charge in [-0.15, -0.1) is 0 Å². The summed E-state index contributed by atoms with van der Waals surface area (Å²) in [5.74, 6) is -0.436. The molecule has 1 amide bonds. The number of amides is 1. The summed E-state index contributed by atoms with van der Waals surface area (Å²) < 4.78 is 11.5. The molecular weight excluding hydrogens is 420 g/mol. The number of ether oxygens (including phenoxy) is 1. The molecule has 0 atom stereocenters. The minimum absolute atomic E-state index is 0.00542. The van der Waals surface area contributed by atoms with E-state index < -0.39 is 5.91 Å². The molecule has 172 valence electrons. The Morgan fingerprint density at radius 2 is 1.58 bits per heavy atom. The van der Waals surface area contributed by atoms with Crippen LogP contribution in [0.25, 0.3) is 11.0 Å². The summed E-state index contributed by atoms with van der Waals surface area (Å²) in [5, 5.41) is 3.43. The Labute approximate surface area is 192 Å². The summed E-state index contributed by atoms with van der Waals surface area (Å²) in [6.07, 6.45) is 0. The number of piperazine rings is 1. The second-order valence-electron chi connectivity index (χ2n) is 8.49. The molecule has 33 heavy (non-hydrogen) atoms. The second-order valence-corrected chi connectivity index (χ2v) is 8.49. The molecule has 0 unspecified atom stereocenters. The van der Waals surface area contributed by atoms with Crippen LogP contribution in [0.1, 0.15) is 10.6 Å². The molecular formula is C25H28N4O4. The standard InChI is InChI=1S/C25H28N4O4/c1-27-9-11-28(12-10-27)21-8-4-5-18-22(30)17-23(33-24(18)21)25(31)26-19-6-2-3-7-20(19)29-13-15-32-16-14-29/h2-8,17H,9-16H2,1H3,(H,26,31). The lowest BCUT2D eigenvalue weighted by Crippen LogP contribution is -2.44. The van der Waals surface area contributed by atoms with Crippen molar-refractivity contribution < 1.29 is 13.9 Å². The van der Waals surface area contributed by atoms with Gasteiger partial charge in [-0.25, -0.2) is 0 Å². The lowest BCUT2D eigenvalue weighted by Gasteiger charge is -2.34. The van der Waals surface area contributed by atoms with Crippen molar-refractivity contribution in [3.63, 3.8) is 0 Å². The van der Waals surface area contributed by atoms with Crippen LogP contribution >= 0.6 is 0 Å². The van der Waals surface area contributed by atoms with Gasteiger partial charge in [-0.1, -0.05) is 18.2 Å². The first-order chi connectivity index (χ1) is 16.1. The Morgan fingerprint density at radius 3 is 2.36 bits per heavy atom. The third-order valence-electron chi connectivity index (χ3n) is 6.31. The summed E-state index contributed by atoms with van der Waals surface area (Å²) in [4.78, 5) is 32.7. The molecule has 0 aliphatic carbocycles. The van der Waals surface area contributed by atoms with Gasteiger partial charge in [-0.3, -0.25) is 9.59 Å². The van der Waals surface area contributed by atoms with E-state index in [2.05, 4.69) is 27.1 Å². The number of anilines is 3. The molecule has 2 fully saturated rings. The topological polar surface area (TPSA) is 78.3 Å². The van der Waals surface area contributed by atoms with Crippen molar-refractivity contribution >= 4 is 33.9 Å². The molecule has 1 aromatic heterocycles. The lowest BCUT2D eigenvalue weighted by molar-refractivity contribution is 0.0997. The maximum Gasteiger partial charge on any atom is 0.291 e. The Balaban J connectivity index is 1.46. The van der Waals surface area contributed by atoms with Crippen LogP contribution in [-0.2, 0) is 4.74 Å². The summed E-state index contributed by atoms with van der Waals surface area (Å²) in [7, 11) is 2.10. The zero-order valence-corrected chi connectivity index (χ0v) is 18.8. The monoisotopic (exact) mass is 448 g/mol. The van der Waals surface area contributed by atoms with E-state index >= 15 is 0 Å². The number of carbonyl (C=O) groups is 1. The van der Waals surface area contributed by atoms with Crippen molar-refractivity contribution in [1.29, 1.82) is 0 Å². The Kier molecular flexibility index (Phi) is 6.02. The van der Waals surface area contributed by atoms with Crippen molar-refractivity contribution in [2.75, 3.05) is 74.6 Å². The van der Waals surface area contributed by atoms with E-state index in [1.165, 1.54) is 6.07 Å². The van der Waals surface area contributed by atoms with Crippen molar-refractivity contribution in [2.24, 2.45) is 0 Å². The number of para-hydroxylation sites is 3. The van der Waals surface area contributed by atoms with Gasteiger partial charge < -0.3 is 29.2 Å². The molecule has 3 heterocycles. The van der Waals surface area contributed by atoms with Gasteiger partial charge >= 0.3 is 0 Å². The average molecular weight is 449 g/mol. The van der Waals surface area contributed by atoms with Crippen LogP contribution in [0.15, 0.2) is 57.7 Å². The second kappa shape index (κ2) is 9.25. The number of rotatable bonds is 4. The molecule has 0 radical (unpaired) electrons. The van der Waals surface area contributed by atoms with Crippen molar-refractivity contribution in [1.82, 2.24) is 4.90 Å². The fourth-order valence-corrected chi connectivity index (χ4v) is 4.41. The highest BCUT2D eigenvalue weighted by molar-refractivity contribution is 6.05. The van der Waals surface area contributed by atoms with E-state index in [0.717, 1.165) is 50.6 Å². The zero-order chi connectivity index (χ0) is 22.8. The maximum absolute atomic E-state index is 13.2. The number of hydrogen-bond donors (Lipinski definition) is 1. The van der Waals surface area contributed by atoms with Crippen LogP contribution in [0.3, 0.4) is 0 Å². The third-order valence-corrected chi connectivity index (χ3v) is 6.31. The molecule has 5 rings (SSSR count). The third kappa shape index (κ3) is 4.44. The zero-order valence-electron chi connectivity index (χ0n) is 18.8. The van der Waals surface area contributed by atoms with Crippen LogP contribution in [-0.4, -0.2) is 70.3 Å². The number of carbonyl (C=O) groups excluding carboxylic acids is 1. The fraction of sp³-hybridized carbons (Fsp3) is 0.360. The number of morpholine rings is 1. The maximum atomic E-state index is 13.2. The SMILES string of the molecule is CN1CCN(c2cccc3c(=O)cc(C(=O)Nc4ccccc4N4CCOCC4)oc23)CC1. The van der Waals surface area contributed by atoms with E-state index in [-0.39, 0.29) is 11.2 Å². The predicted octanol–water partition coefficient (Wildman–Crippen LogP) is 2.63. The molecule has 0 saturated carbocycles. The molecule has 1 N–H and O–H groups in total. The number of benzene rings is 2. The molecule has 2 aliphatic heterocycles. The quantitative estimate of drug-likeness (QED) is 0.657. The minimum atomic E-state index is -0.442. The number of nitrogens with one attached hydrogen (secondary N) is 1. The Hall–Kier alpha value is -3.36. The summed E-state index contributed by atoms with van der Waals surface area (Å²) >= 11 is 0. The molecule has 3 aromatic rings. The summed E-state index contributed by atoms with van der Waals surface area (Å²) in [6, 6.07) is 14.5. The van der Waals surface area contributed by atoms with Crippen LogP contribution in [0.5, 0.6) is 0 Å². The van der Waals surface area contributed by atoms with Crippen molar-refractivity contribution in [2.45, 2.75) is 0 Å². The Morgan fingerprint density at radius 1 is 0.879 bits per heavy atom. The van der Waals surface area contributed by atoms with Gasteiger partial charge in [0.15, 0.2) is 16.8 Å². The normalized spacial score (nSPS) is 17.4. The first-order valence-electron chi connectivity index (χ1n) is 11.3. The molecule has 8 heteroatoms. The van der Waals surface area contributed by atoms with Crippen LogP contribution in [0.2, 0.25) is 0 Å². The van der Waals surface area contributed by atoms with Gasteiger partial charge in [0, 0.05) is 45.3 Å². The van der Waals surface area contributed by atoms with E-state index in [9.17, 15) is 9.59 Å². The van der Waals surface area contributed by atoms with Crippen molar-refractivity contribution in [3.8, 4) is 0 Å². The minimum Gasteiger partial charge on any atom is -0.448 e. The number of nitrogens with zero attached hydrogens (tertiary/aromatic N) is 3. The molecule has 8 nitrogen and oxygen atoms in total. The van der Waals surface area contributed by atoms with Gasteiger partial charge in [0.1, 0.15) is 0 Å². The van der Waals surface area contributed by atoms with Crippen LogP contribution < -0.4 is 20.5 Å². The van der Waals surface area contributed by atoms with Crippen LogP contribution in [0.4, 0.5) is 17.1 Å². The number of fused-ring (bicyclic) bond motifs is 1. The first kappa shape index (κ1) is 21.5. The highest BCUT2D eigenvalue weighted by atomic mass is 16.5. The lowest BCUT2D eigenvalue weighted by atomic mass is 10.1. The molecule has 2 aromatic carbocycles. The number of hydrogen-bond acceptors (Lipinski definition) is 7. The molecule has 2 saturated heterocycles. The Bertz CT molecular complexity index is 1210. The van der Waals surface area contributed by atoms with Gasteiger partial charge in [-0.05, 0) is 31.3 Å². The van der Waals surface area contributed by atoms with Gasteiger partial charge in [-0.2, -0.15) is 0 Å². The number of likely N-dealkylation sites (N-methyl/N-ethyl adjacent to an activating group) is 1. The van der Waals surface area contributed by atoms with Crippen LogP contribution in [0, 0.1) is 0 Å². The van der Waals surface area contributed by atoms with Crippen molar-refractivity contribution in [3.05, 3.63) is 64.5 Å².